The molecule has 0 saturated heterocycles. The van der Waals surface area contributed by atoms with Crippen molar-refractivity contribution in [1.82, 2.24) is 0 Å². The van der Waals surface area contributed by atoms with Crippen LogP contribution in [0.3, 0.4) is 0 Å². The number of carbonyl (C=O) groups is 2. The fraction of sp³-hybridized carbons (Fsp3) is 0.333. The Labute approximate surface area is 131 Å². The molecule has 1 aromatic carbocycles. The average Bonchev–Trinajstić information content (AvgIpc) is 2.36. The maximum Gasteiger partial charge on any atom is 0.335 e. The van der Waals surface area contributed by atoms with Crippen molar-refractivity contribution in [2.24, 2.45) is 0 Å². The van der Waals surface area contributed by atoms with Gasteiger partial charge in [0.1, 0.15) is 9.84 Å². The lowest BCUT2D eigenvalue weighted by Gasteiger charge is -2.08. The lowest BCUT2D eigenvalue weighted by molar-refractivity contribution is -0.113. The summed E-state index contributed by atoms with van der Waals surface area (Å²) in [6, 6.07) is 3.99. The van der Waals surface area contributed by atoms with E-state index in [0.29, 0.717) is 5.75 Å². The number of anilines is 1. The number of hydrogen-bond donors (Lipinski definition) is 2. The molecule has 0 unspecified atom stereocenters. The molecule has 0 radical (unpaired) electrons. The largest absolute Gasteiger partial charge is 0.478 e. The number of sulfone groups is 1. The molecule has 9 heteroatoms. The smallest absolute Gasteiger partial charge is 0.335 e. The maximum atomic E-state index is 11.7. The van der Waals surface area contributed by atoms with Crippen LogP contribution in [0.2, 0.25) is 5.02 Å². The zero-order valence-electron chi connectivity index (χ0n) is 11.1. The minimum absolute atomic E-state index is 0.000201. The minimum atomic E-state index is -3.04. The number of benzene rings is 1. The van der Waals surface area contributed by atoms with Crippen molar-refractivity contribution in [3.05, 3.63) is 28.8 Å². The second-order valence-corrected chi connectivity index (χ2v) is 8.00. The summed E-state index contributed by atoms with van der Waals surface area (Å²) in [6.07, 6.45) is 1.13. The van der Waals surface area contributed by atoms with Gasteiger partial charge in [0.05, 0.1) is 27.8 Å². The first-order chi connectivity index (χ1) is 9.69. The molecule has 116 valence electrons. The zero-order chi connectivity index (χ0) is 16.0. The van der Waals surface area contributed by atoms with Gasteiger partial charge in [0.25, 0.3) is 0 Å². The van der Waals surface area contributed by atoms with Crippen LogP contribution >= 0.6 is 23.4 Å². The highest BCUT2D eigenvalue weighted by Crippen LogP contribution is 2.23. The Kier molecular flexibility index (Phi) is 6.50. The molecule has 6 nitrogen and oxygen atoms in total. The van der Waals surface area contributed by atoms with Crippen LogP contribution in [0.25, 0.3) is 0 Å². The number of carboxylic acid groups (broad SMARTS) is 1. The van der Waals surface area contributed by atoms with Crippen molar-refractivity contribution >= 4 is 50.8 Å². The van der Waals surface area contributed by atoms with Gasteiger partial charge in [0.15, 0.2) is 0 Å². The SMILES string of the molecule is CS(=O)(=O)CCSCC(=O)Nc1cc(C(=O)O)ccc1Cl. The second kappa shape index (κ2) is 7.67. The number of nitrogens with one attached hydrogen (secondary N) is 1. The lowest BCUT2D eigenvalue weighted by Crippen LogP contribution is -2.16. The Balaban J connectivity index is 2.55. The summed E-state index contributed by atoms with van der Waals surface area (Å²) < 4.78 is 21.9. The van der Waals surface area contributed by atoms with E-state index < -0.39 is 15.8 Å². The van der Waals surface area contributed by atoms with Gasteiger partial charge in [0.2, 0.25) is 5.91 Å². The van der Waals surface area contributed by atoms with Crippen LogP contribution in [0, 0.1) is 0 Å². The molecule has 0 aromatic heterocycles. The van der Waals surface area contributed by atoms with Gasteiger partial charge in [-0.15, -0.1) is 0 Å². The number of amides is 1. The topological polar surface area (TPSA) is 101 Å². The Morgan fingerprint density at radius 1 is 1.38 bits per heavy atom. The molecule has 2 N–H and O–H groups in total. The molecule has 0 aliphatic carbocycles. The quantitative estimate of drug-likeness (QED) is 0.726. The van der Waals surface area contributed by atoms with Gasteiger partial charge in [-0.05, 0) is 18.2 Å². The summed E-state index contributed by atoms with van der Waals surface area (Å²) in [5.74, 6) is -1.12. The molecule has 0 spiro atoms. The fourth-order valence-corrected chi connectivity index (χ4v) is 3.56. The Hall–Kier alpha value is -1.25. The molecule has 0 heterocycles. The standard InChI is InChI=1S/C12H14ClNO5S2/c1-21(18,19)5-4-20-7-11(15)14-10-6-8(12(16)17)2-3-9(10)13/h2-3,6H,4-5,7H2,1H3,(H,14,15)(H,16,17). The summed E-state index contributed by atoms with van der Waals surface area (Å²) in [5, 5.41) is 11.6. The van der Waals surface area contributed by atoms with Crippen molar-refractivity contribution in [2.75, 3.05) is 28.8 Å². The predicted molar refractivity (Wildman–Crippen MR) is 84.1 cm³/mol. The van der Waals surface area contributed by atoms with Crippen LogP contribution in [-0.2, 0) is 14.6 Å². The molecule has 1 amide bonds. The highest BCUT2D eigenvalue weighted by atomic mass is 35.5. The predicted octanol–water partition coefficient (Wildman–Crippen LogP) is 1.75. The third-order valence-electron chi connectivity index (χ3n) is 2.32. The van der Waals surface area contributed by atoms with E-state index in [2.05, 4.69) is 5.32 Å². The summed E-state index contributed by atoms with van der Waals surface area (Å²) >= 11 is 7.05. The van der Waals surface area contributed by atoms with Gasteiger partial charge in [0, 0.05) is 12.0 Å². The Bertz CT molecular complexity index is 645. The van der Waals surface area contributed by atoms with Crippen LogP contribution in [-0.4, -0.2) is 48.9 Å². The molecule has 0 bridgehead atoms. The van der Waals surface area contributed by atoms with Crippen LogP contribution in [0.15, 0.2) is 18.2 Å². The van der Waals surface area contributed by atoms with Crippen LogP contribution in [0.5, 0.6) is 0 Å². The number of aromatic carboxylic acids is 1. The van der Waals surface area contributed by atoms with Crippen molar-refractivity contribution < 1.29 is 23.1 Å². The fourth-order valence-electron chi connectivity index (χ4n) is 1.32. The van der Waals surface area contributed by atoms with Crippen molar-refractivity contribution in [1.29, 1.82) is 0 Å². The third kappa shape index (κ3) is 6.83. The molecular formula is C12H14ClNO5S2. The maximum absolute atomic E-state index is 11.7. The zero-order valence-corrected chi connectivity index (χ0v) is 13.5. The van der Waals surface area contributed by atoms with Crippen LogP contribution < -0.4 is 5.32 Å². The lowest BCUT2D eigenvalue weighted by atomic mass is 10.2. The van der Waals surface area contributed by atoms with E-state index in [1.807, 2.05) is 0 Å². The van der Waals surface area contributed by atoms with E-state index in [0.717, 1.165) is 6.26 Å². The number of rotatable bonds is 7. The van der Waals surface area contributed by atoms with Gasteiger partial charge in [-0.25, -0.2) is 13.2 Å². The molecule has 0 aliphatic heterocycles. The van der Waals surface area contributed by atoms with Crippen LogP contribution in [0.4, 0.5) is 5.69 Å². The van der Waals surface area contributed by atoms with E-state index >= 15 is 0 Å². The molecule has 0 aliphatic rings. The minimum Gasteiger partial charge on any atom is -0.478 e. The van der Waals surface area contributed by atoms with Gasteiger partial charge < -0.3 is 10.4 Å². The number of carbonyl (C=O) groups excluding carboxylic acids is 1. The van der Waals surface area contributed by atoms with Crippen molar-refractivity contribution in [3.8, 4) is 0 Å². The Morgan fingerprint density at radius 3 is 2.62 bits per heavy atom. The summed E-state index contributed by atoms with van der Waals surface area (Å²) in [5.41, 5.74) is 0.227. The van der Waals surface area contributed by atoms with Gasteiger partial charge in [-0.3, -0.25) is 4.79 Å². The van der Waals surface area contributed by atoms with Crippen LogP contribution in [0.1, 0.15) is 10.4 Å². The van der Waals surface area contributed by atoms with E-state index in [9.17, 15) is 18.0 Å². The van der Waals surface area contributed by atoms with Crippen molar-refractivity contribution in [2.45, 2.75) is 0 Å². The molecule has 21 heavy (non-hydrogen) atoms. The van der Waals surface area contributed by atoms with E-state index in [1.165, 1.54) is 30.0 Å². The first-order valence-electron chi connectivity index (χ1n) is 5.77. The number of thioether (sulfide) groups is 1. The first kappa shape index (κ1) is 17.8. The highest BCUT2D eigenvalue weighted by molar-refractivity contribution is 8.01. The van der Waals surface area contributed by atoms with Gasteiger partial charge in [-0.1, -0.05) is 11.6 Å². The number of hydrogen-bond acceptors (Lipinski definition) is 5. The normalized spacial score (nSPS) is 11.1. The summed E-state index contributed by atoms with van der Waals surface area (Å²) in [4.78, 5) is 22.5. The molecule has 1 rings (SSSR count). The molecule has 0 saturated carbocycles. The van der Waals surface area contributed by atoms with E-state index in [1.54, 1.807) is 0 Å². The highest BCUT2D eigenvalue weighted by Gasteiger charge is 2.10. The van der Waals surface area contributed by atoms with Gasteiger partial charge in [-0.2, -0.15) is 11.8 Å². The number of carboxylic acids is 1. The third-order valence-corrected chi connectivity index (χ3v) is 4.81. The Morgan fingerprint density at radius 2 is 2.05 bits per heavy atom. The van der Waals surface area contributed by atoms with E-state index in [-0.39, 0.29) is 33.7 Å². The van der Waals surface area contributed by atoms with E-state index in [4.69, 9.17) is 16.7 Å². The van der Waals surface area contributed by atoms with Crippen molar-refractivity contribution in [3.63, 3.8) is 0 Å². The molecule has 0 fully saturated rings. The average molecular weight is 352 g/mol. The number of halogens is 1. The summed E-state index contributed by atoms with van der Waals surface area (Å²) in [6.45, 7) is 0. The van der Waals surface area contributed by atoms with Gasteiger partial charge >= 0.3 is 5.97 Å². The monoisotopic (exact) mass is 351 g/mol. The molecular weight excluding hydrogens is 338 g/mol. The summed E-state index contributed by atoms with van der Waals surface area (Å²) in [7, 11) is -3.04. The first-order valence-corrected chi connectivity index (χ1v) is 9.36. The molecule has 1 aromatic rings. The molecule has 0 atom stereocenters. The second-order valence-electron chi connectivity index (χ2n) is 4.23.